The summed E-state index contributed by atoms with van der Waals surface area (Å²) in [6, 6.07) is 1.96. The molecule has 1 rings (SSSR count). The van der Waals surface area contributed by atoms with Crippen LogP contribution in [-0.2, 0) is 12.8 Å². The van der Waals surface area contributed by atoms with Gasteiger partial charge in [0.2, 0.25) is 0 Å². The minimum atomic E-state index is 0.429. The lowest BCUT2D eigenvalue weighted by Gasteiger charge is -2.15. The van der Waals surface area contributed by atoms with Gasteiger partial charge < -0.3 is 9.84 Å². The Balaban J connectivity index is 3.30. The van der Waals surface area contributed by atoms with Crippen LogP contribution in [-0.4, -0.2) is 11.7 Å². The van der Waals surface area contributed by atoms with Crippen LogP contribution in [0.3, 0.4) is 0 Å². The van der Waals surface area contributed by atoms with Crippen LogP contribution in [0.25, 0.3) is 0 Å². The maximum absolute atomic E-state index is 9.95. The highest BCUT2D eigenvalue weighted by molar-refractivity contribution is 5.52. The Kier molecular flexibility index (Phi) is 4.01. The third kappa shape index (κ3) is 2.25. The predicted octanol–water partition coefficient (Wildman–Crippen LogP) is 3.22. The van der Waals surface area contributed by atoms with Gasteiger partial charge in [0, 0.05) is 5.56 Å². The van der Waals surface area contributed by atoms with Gasteiger partial charge >= 0.3 is 0 Å². The van der Waals surface area contributed by atoms with Crippen molar-refractivity contribution < 1.29 is 9.84 Å². The fourth-order valence-corrected chi connectivity index (χ4v) is 1.88. The van der Waals surface area contributed by atoms with Gasteiger partial charge in [0.25, 0.3) is 0 Å². The zero-order chi connectivity index (χ0) is 11.4. The summed E-state index contributed by atoms with van der Waals surface area (Å²) in [5, 5.41) is 9.95. The maximum atomic E-state index is 9.95. The zero-order valence-electron chi connectivity index (χ0n) is 10.1. The molecule has 0 saturated carbocycles. The SMILES string of the molecule is CCOc1cc(CC)c(O)c(C)c1CC. The number of aryl methyl sites for hydroxylation is 1. The van der Waals surface area contributed by atoms with Crippen molar-refractivity contribution in [3.05, 3.63) is 22.8 Å². The Bertz CT molecular complexity index is 343. The van der Waals surface area contributed by atoms with Crippen LogP contribution < -0.4 is 4.74 Å². The molecule has 0 bridgehead atoms. The summed E-state index contributed by atoms with van der Waals surface area (Å²) in [7, 11) is 0. The monoisotopic (exact) mass is 208 g/mol. The van der Waals surface area contributed by atoms with Crippen LogP contribution in [0, 0.1) is 6.92 Å². The first-order chi connectivity index (χ1) is 7.15. The third-order valence-electron chi connectivity index (χ3n) is 2.75. The number of aromatic hydroxyl groups is 1. The van der Waals surface area contributed by atoms with E-state index in [1.165, 1.54) is 0 Å². The van der Waals surface area contributed by atoms with E-state index in [1.807, 2.05) is 26.8 Å². The molecule has 0 aromatic heterocycles. The molecule has 0 radical (unpaired) electrons. The van der Waals surface area contributed by atoms with Crippen molar-refractivity contribution in [2.45, 2.75) is 40.5 Å². The van der Waals surface area contributed by atoms with Crippen molar-refractivity contribution in [2.75, 3.05) is 6.61 Å². The predicted molar refractivity (Wildman–Crippen MR) is 62.8 cm³/mol. The first-order valence-electron chi connectivity index (χ1n) is 5.62. The van der Waals surface area contributed by atoms with Crippen molar-refractivity contribution >= 4 is 0 Å². The molecule has 1 aromatic rings. The van der Waals surface area contributed by atoms with Gasteiger partial charge in [-0.2, -0.15) is 0 Å². The molecule has 0 aliphatic carbocycles. The fraction of sp³-hybridized carbons (Fsp3) is 0.538. The Morgan fingerprint density at radius 2 is 1.87 bits per heavy atom. The van der Waals surface area contributed by atoms with Crippen molar-refractivity contribution in [1.29, 1.82) is 0 Å². The Labute approximate surface area is 91.9 Å². The Morgan fingerprint density at radius 3 is 2.33 bits per heavy atom. The van der Waals surface area contributed by atoms with E-state index in [9.17, 15) is 5.11 Å². The second-order valence-corrected chi connectivity index (χ2v) is 3.63. The minimum Gasteiger partial charge on any atom is -0.507 e. The van der Waals surface area contributed by atoms with Gasteiger partial charge in [0.15, 0.2) is 0 Å². The molecule has 0 fully saturated rings. The lowest BCUT2D eigenvalue weighted by atomic mass is 9.99. The number of hydrogen-bond acceptors (Lipinski definition) is 2. The smallest absolute Gasteiger partial charge is 0.123 e. The van der Waals surface area contributed by atoms with Gasteiger partial charge in [-0.1, -0.05) is 13.8 Å². The molecule has 0 aliphatic rings. The lowest BCUT2D eigenvalue weighted by molar-refractivity contribution is 0.334. The van der Waals surface area contributed by atoms with Crippen LogP contribution >= 0.6 is 0 Å². The van der Waals surface area contributed by atoms with Crippen LogP contribution in [0.2, 0.25) is 0 Å². The molecule has 1 N–H and O–H groups in total. The van der Waals surface area contributed by atoms with E-state index in [4.69, 9.17) is 4.74 Å². The zero-order valence-corrected chi connectivity index (χ0v) is 10.1. The maximum Gasteiger partial charge on any atom is 0.123 e. The quantitative estimate of drug-likeness (QED) is 0.823. The molecule has 2 heteroatoms. The molecular weight excluding hydrogens is 188 g/mol. The minimum absolute atomic E-state index is 0.429. The van der Waals surface area contributed by atoms with Gasteiger partial charge in [-0.15, -0.1) is 0 Å². The number of rotatable bonds is 4. The summed E-state index contributed by atoms with van der Waals surface area (Å²) >= 11 is 0. The number of phenols is 1. The molecule has 84 valence electrons. The molecule has 0 heterocycles. The number of hydrogen-bond donors (Lipinski definition) is 1. The Morgan fingerprint density at radius 1 is 1.20 bits per heavy atom. The highest BCUT2D eigenvalue weighted by atomic mass is 16.5. The standard InChI is InChI=1S/C13H20O2/c1-5-10-8-12(15-7-3)11(6-2)9(4)13(10)14/h8,14H,5-7H2,1-4H3. The number of phenolic OH excluding ortho intramolecular Hbond substituents is 1. The highest BCUT2D eigenvalue weighted by Crippen LogP contribution is 2.33. The first-order valence-corrected chi connectivity index (χ1v) is 5.62. The summed E-state index contributed by atoms with van der Waals surface area (Å²) in [6.07, 6.45) is 1.72. The molecule has 0 amide bonds. The van der Waals surface area contributed by atoms with Gasteiger partial charge in [-0.05, 0) is 43.9 Å². The second kappa shape index (κ2) is 5.06. The first kappa shape index (κ1) is 11.9. The lowest BCUT2D eigenvalue weighted by Crippen LogP contribution is -2.00. The number of ether oxygens (including phenoxy) is 1. The topological polar surface area (TPSA) is 29.5 Å². The van der Waals surface area contributed by atoms with Gasteiger partial charge in [0.05, 0.1) is 6.61 Å². The average Bonchev–Trinajstić information content (AvgIpc) is 2.24. The van der Waals surface area contributed by atoms with Gasteiger partial charge in [-0.3, -0.25) is 0 Å². The summed E-state index contributed by atoms with van der Waals surface area (Å²) in [6.45, 7) is 8.72. The molecule has 0 unspecified atom stereocenters. The van der Waals surface area contributed by atoms with Crippen molar-refractivity contribution in [3.8, 4) is 11.5 Å². The molecule has 0 atom stereocenters. The number of benzene rings is 1. The van der Waals surface area contributed by atoms with E-state index in [-0.39, 0.29) is 0 Å². The van der Waals surface area contributed by atoms with Crippen LogP contribution in [0.1, 0.15) is 37.5 Å². The van der Waals surface area contributed by atoms with Crippen LogP contribution in [0.4, 0.5) is 0 Å². The summed E-state index contributed by atoms with van der Waals surface area (Å²) in [5.41, 5.74) is 3.04. The molecule has 0 aliphatic heterocycles. The molecule has 2 nitrogen and oxygen atoms in total. The molecule has 1 aromatic carbocycles. The van der Waals surface area contributed by atoms with Crippen molar-refractivity contribution in [2.24, 2.45) is 0 Å². The van der Waals surface area contributed by atoms with E-state index < -0.39 is 0 Å². The second-order valence-electron chi connectivity index (χ2n) is 3.63. The molecule has 15 heavy (non-hydrogen) atoms. The fourth-order valence-electron chi connectivity index (χ4n) is 1.88. The van der Waals surface area contributed by atoms with E-state index in [0.717, 1.165) is 35.3 Å². The molecule has 0 spiro atoms. The Hall–Kier alpha value is -1.18. The largest absolute Gasteiger partial charge is 0.507 e. The van der Waals surface area contributed by atoms with E-state index in [2.05, 4.69) is 6.92 Å². The van der Waals surface area contributed by atoms with E-state index >= 15 is 0 Å². The summed E-state index contributed by atoms with van der Waals surface area (Å²) < 4.78 is 5.60. The van der Waals surface area contributed by atoms with Crippen LogP contribution in [0.15, 0.2) is 6.07 Å². The van der Waals surface area contributed by atoms with Crippen molar-refractivity contribution in [3.63, 3.8) is 0 Å². The highest BCUT2D eigenvalue weighted by Gasteiger charge is 2.12. The average molecular weight is 208 g/mol. The van der Waals surface area contributed by atoms with Gasteiger partial charge in [-0.25, -0.2) is 0 Å². The molecule has 0 saturated heterocycles. The van der Waals surface area contributed by atoms with E-state index in [0.29, 0.717) is 12.4 Å². The summed E-state index contributed by atoms with van der Waals surface area (Å²) in [5.74, 6) is 1.35. The van der Waals surface area contributed by atoms with Crippen molar-refractivity contribution in [1.82, 2.24) is 0 Å². The third-order valence-corrected chi connectivity index (χ3v) is 2.75. The normalized spacial score (nSPS) is 10.4. The summed E-state index contributed by atoms with van der Waals surface area (Å²) in [4.78, 5) is 0. The van der Waals surface area contributed by atoms with Crippen LogP contribution in [0.5, 0.6) is 11.5 Å². The van der Waals surface area contributed by atoms with E-state index in [1.54, 1.807) is 0 Å². The van der Waals surface area contributed by atoms with Gasteiger partial charge in [0.1, 0.15) is 11.5 Å². The molecular formula is C13H20O2.